The van der Waals surface area contributed by atoms with Gasteiger partial charge in [-0.15, -0.1) is 11.3 Å². The number of nitrogens with two attached hydrogens (primary N) is 1. The van der Waals surface area contributed by atoms with Crippen LogP contribution < -0.4 is 11.1 Å². The number of benzene rings is 1. The standard InChI is InChI=1S/C24H19ClN4O5S/c1-12-2-5-17-20(8-12)35-24(21(17)22(27)30)28-23(31)13(11-26)9-15-4-7-19(34-15)16-6-3-14(29(32)33)10-18(16)25/h3-4,6-7,9-10,12H,2,5,8H2,1H3,(H2,27,30)(H,28,31)/b13-9+/t12-/m1/s1. The van der Waals surface area contributed by atoms with E-state index in [4.69, 9.17) is 21.8 Å². The van der Waals surface area contributed by atoms with E-state index in [1.165, 1.54) is 41.7 Å². The van der Waals surface area contributed by atoms with Crippen LogP contribution in [0.15, 0.2) is 40.3 Å². The zero-order valence-corrected chi connectivity index (χ0v) is 20.0. The molecule has 178 valence electrons. The molecule has 0 spiro atoms. The van der Waals surface area contributed by atoms with E-state index in [-0.39, 0.29) is 22.0 Å². The maximum atomic E-state index is 12.9. The normalized spacial score (nSPS) is 15.2. The summed E-state index contributed by atoms with van der Waals surface area (Å²) in [5, 5.41) is 23.6. The number of nitro groups is 1. The summed E-state index contributed by atoms with van der Waals surface area (Å²) in [4.78, 5) is 36.3. The number of anilines is 1. The van der Waals surface area contributed by atoms with Gasteiger partial charge in [-0.2, -0.15) is 5.26 Å². The summed E-state index contributed by atoms with van der Waals surface area (Å²) in [7, 11) is 0. The van der Waals surface area contributed by atoms with Gasteiger partial charge < -0.3 is 15.5 Å². The van der Waals surface area contributed by atoms with Gasteiger partial charge in [0.25, 0.3) is 17.5 Å². The van der Waals surface area contributed by atoms with Crippen LogP contribution in [0.5, 0.6) is 0 Å². The van der Waals surface area contributed by atoms with Crippen molar-refractivity contribution in [2.75, 3.05) is 5.32 Å². The number of furan rings is 1. The van der Waals surface area contributed by atoms with Gasteiger partial charge in [-0.05, 0) is 48.9 Å². The molecule has 0 aliphatic heterocycles. The van der Waals surface area contributed by atoms with E-state index in [9.17, 15) is 25.0 Å². The Labute approximate surface area is 208 Å². The first-order valence-corrected chi connectivity index (χ1v) is 11.8. The van der Waals surface area contributed by atoms with Crippen molar-refractivity contribution in [3.05, 3.63) is 72.8 Å². The van der Waals surface area contributed by atoms with Crippen LogP contribution in [0.1, 0.15) is 39.9 Å². The van der Waals surface area contributed by atoms with Crippen LogP contribution in [0.2, 0.25) is 5.02 Å². The number of amides is 2. The first-order chi connectivity index (χ1) is 16.7. The number of hydrogen-bond acceptors (Lipinski definition) is 7. The lowest BCUT2D eigenvalue weighted by atomic mass is 9.88. The van der Waals surface area contributed by atoms with Crippen LogP contribution in [0, 0.1) is 27.4 Å². The number of halogens is 1. The fourth-order valence-electron chi connectivity index (χ4n) is 3.95. The third kappa shape index (κ3) is 4.96. The van der Waals surface area contributed by atoms with Crippen molar-refractivity contribution in [1.29, 1.82) is 5.26 Å². The second-order valence-electron chi connectivity index (χ2n) is 8.17. The predicted molar refractivity (Wildman–Crippen MR) is 132 cm³/mol. The van der Waals surface area contributed by atoms with Crippen molar-refractivity contribution in [1.82, 2.24) is 0 Å². The third-order valence-corrected chi connectivity index (χ3v) is 7.18. The number of carbonyl (C=O) groups excluding carboxylic acids is 2. The van der Waals surface area contributed by atoms with Gasteiger partial charge in [0.15, 0.2) is 0 Å². The Morgan fingerprint density at radius 2 is 2.14 bits per heavy atom. The van der Waals surface area contributed by atoms with Crippen LogP contribution in [0.25, 0.3) is 17.4 Å². The van der Waals surface area contributed by atoms with Crippen molar-refractivity contribution in [3.63, 3.8) is 0 Å². The molecule has 35 heavy (non-hydrogen) atoms. The molecular weight excluding hydrogens is 492 g/mol. The van der Waals surface area contributed by atoms with Crippen LogP contribution in [-0.2, 0) is 17.6 Å². The maximum absolute atomic E-state index is 12.9. The van der Waals surface area contributed by atoms with Crippen molar-refractivity contribution in [2.24, 2.45) is 11.7 Å². The largest absolute Gasteiger partial charge is 0.457 e. The number of primary amides is 1. The summed E-state index contributed by atoms with van der Waals surface area (Å²) >= 11 is 7.46. The minimum atomic E-state index is -0.701. The summed E-state index contributed by atoms with van der Waals surface area (Å²) in [6, 6.07) is 8.92. The van der Waals surface area contributed by atoms with Gasteiger partial charge in [-0.25, -0.2) is 0 Å². The lowest BCUT2D eigenvalue weighted by molar-refractivity contribution is -0.384. The number of nitrogens with zero attached hydrogens (tertiary/aromatic N) is 2. The van der Waals surface area contributed by atoms with E-state index in [1.54, 1.807) is 6.07 Å². The smallest absolute Gasteiger partial charge is 0.270 e. The molecule has 3 N–H and O–H groups in total. The van der Waals surface area contributed by atoms with Gasteiger partial charge in [-0.1, -0.05) is 18.5 Å². The molecule has 0 saturated carbocycles. The zero-order valence-electron chi connectivity index (χ0n) is 18.5. The number of thiophene rings is 1. The Bertz CT molecular complexity index is 1430. The lowest BCUT2D eigenvalue weighted by Gasteiger charge is -2.18. The van der Waals surface area contributed by atoms with E-state index in [0.29, 0.717) is 34.2 Å². The fraction of sp³-hybridized carbons (Fsp3) is 0.208. The van der Waals surface area contributed by atoms with Crippen molar-refractivity contribution < 1.29 is 18.9 Å². The molecule has 11 heteroatoms. The van der Waals surface area contributed by atoms with Gasteiger partial charge in [0.05, 0.1) is 15.5 Å². The van der Waals surface area contributed by atoms with Crippen LogP contribution in [0.3, 0.4) is 0 Å². The van der Waals surface area contributed by atoms with E-state index in [1.807, 2.05) is 6.07 Å². The first kappa shape index (κ1) is 24.2. The highest BCUT2D eigenvalue weighted by molar-refractivity contribution is 7.17. The van der Waals surface area contributed by atoms with Gasteiger partial charge >= 0.3 is 0 Å². The third-order valence-electron chi connectivity index (χ3n) is 5.69. The SMILES string of the molecule is C[C@@H]1CCc2c(sc(NC(=O)/C(C#N)=C/c3ccc(-c4ccc([N+](=O)[O-])cc4Cl)o3)c2C(N)=O)C1. The molecule has 9 nitrogen and oxygen atoms in total. The molecule has 1 aliphatic carbocycles. The van der Waals surface area contributed by atoms with E-state index >= 15 is 0 Å². The highest BCUT2D eigenvalue weighted by Gasteiger charge is 2.27. The molecule has 0 fully saturated rings. The van der Waals surface area contributed by atoms with Crippen molar-refractivity contribution >= 4 is 51.5 Å². The number of nitriles is 1. The van der Waals surface area contributed by atoms with Crippen molar-refractivity contribution in [2.45, 2.75) is 26.2 Å². The topological polar surface area (TPSA) is 152 Å². The Morgan fingerprint density at radius 3 is 2.80 bits per heavy atom. The summed E-state index contributed by atoms with van der Waals surface area (Å²) in [6.45, 7) is 2.13. The maximum Gasteiger partial charge on any atom is 0.270 e. The molecule has 0 radical (unpaired) electrons. The number of nitro benzene ring substituents is 1. The molecule has 1 atom stereocenters. The highest BCUT2D eigenvalue weighted by Crippen LogP contribution is 2.39. The molecule has 1 aromatic carbocycles. The average Bonchev–Trinajstić information content (AvgIpc) is 3.40. The lowest BCUT2D eigenvalue weighted by Crippen LogP contribution is -2.19. The molecule has 0 bridgehead atoms. The Morgan fingerprint density at radius 1 is 1.37 bits per heavy atom. The Kier molecular flexibility index (Phi) is 6.73. The Balaban J connectivity index is 1.59. The highest BCUT2D eigenvalue weighted by atomic mass is 35.5. The zero-order chi connectivity index (χ0) is 25.3. The second-order valence-corrected chi connectivity index (χ2v) is 9.68. The molecule has 2 amide bonds. The van der Waals surface area contributed by atoms with Gasteiger partial charge in [0.1, 0.15) is 28.2 Å². The van der Waals surface area contributed by atoms with E-state index in [0.717, 1.165) is 23.3 Å². The molecule has 2 aromatic heterocycles. The molecular formula is C24H19ClN4O5S. The van der Waals surface area contributed by atoms with Crippen LogP contribution in [-0.4, -0.2) is 16.7 Å². The summed E-state index contributed by atoms with van der Waals surface area (Å²) in [5.41, 5.74) is 6.79. The van der Waals surface area contributed by atoms with Crippen molar-refractivity contribution in [3.8, 4) is 17.4 Å². The van der Waals surface area contributed by atoms with Crippen LogP contribution in [0.4, 0.5) is 10.7 Å². The molecule has 1 aliphatic rings. The van der Waals surface area contributed by atoms with Gasteiger partial charge in [0.2, 0.25) is 0 Å². The van der Waals surface area contributed by atoms with Gasteiger partial charge in [-0.3, -0.25) is 19.7 Å². The second kappa shape index (κ2) is 9.74. The van der Waals surface area contributed by atoms with Crippen LogP contribution >= 0.6 is 22.9 Å². The van der Waals surface area contributed by atoms with Gasteiger partial charge in [0, 0.05) is 28.6 Å². The summed E-state index contributed by atoms with van der Waals surface area (Å²) < 4.78 is 5.69. The molecule has 4 rings (SSSR count). The number of non-ortho nitro benzene ring substituents is 1. The number of hydrogen-bond donors (Lipinski definition) is 2. The molecule has 3 aromatic rings. The number of nitrogens with one attached hydrogen (secondary N) is 1. The molecule has 2 heterocycles. The molecule has 0 saturated heterocycles. The predicted octanol–water partition coefficient (Wildman–Crippen LogP) is 5.34. The number of fused-ring (bicyclic) bond motifs is 1. The molecule has 0 unspecified atom stereocenters. The number of carbonyl (C=O) groups is 2. The monoisotopic (exact) mass is 510 g/mol. The Hall–Kier alpha value is -3.94. The first-order valence-electron chi connectivity index (χ1n) is 10.6. The van der Waals surface area contributed by atoms with E-state index in [2.05, 4.69) is 12.2 Å². The summed E-state index contributed by atoms with van der Waals surface area (Å²) in [5.74, 6) is -0.337. The fourth-order valence-corrected chi connectivity index (χ4v) is 5.63. The quantitative estimate of drug-likeness (QED) is 0.197. The minimum Gasteiger partial charge on any atom is -0.457 e. The number of rotatable bonds is 6. The minimum absolute atomic E-state index is 0.122. The average molecular weight is 511 g/mol. The summed E-state index contributed by atoms with van der Waals surface area (Å²) in [6.07, 6.45) is 3.71. The van der Waals surface area contributed by atoms with E-state index < -0.39 is 16.7 Å².